The Balaban J connectivity index is 2.08. The van der Waals surface area contributed by atoms with E-state index in [4.69, 9.17) is 14.2 Å². The fourth-order valence-electron chi connectivity index (χ4n) is 4.32. The minimum Gasteiger partial charge on any atom is -0.496 e. The number of para-hydroxylation sites is 1. The summed E-state index contributed by atoms with van der Waals surface area (Å²) in [4.78, 5) is -0.125. The van der Waals surface area contributed by atoms with Crippen LogP contribution in [0.5, 0.6) is 5.75 Å². The molecule has 2 atom stereocenters. The highest BCUT2D eigenvalue weighted by molar-refractivity contribution is 7.88. The molecule has 1 N–H and O–H groups in total. The van der Waals surface area contributed by atoms with Crippen molar-refractivity contribution in [1.82, 2.24) is 0 Å². The van der Waals surface area contributed by atoms with Crippen molar-refractivity contribution in [1.29, 1.82) is 0 Å². The van der Waals surface area contributed by atoms with Gasteiger partial charge in [-0.2, -0.15) is 8.42 Å². The van der Waals surface area contributed by atoms with E-state index >= 15 is 0 Å². The highest BCUT2D eigenvalue weighted by atomic mass is 32.2. The van der Waals surface area contributed by atoms with E-state index in [0.717, 1.165) is 21.7 Å². The molecule has 35 heavy (non-hydrogen) atoms. The summed E-state index contributed by atoms with van der Waals surface area (Å²) in [6.07, 6.45) is 4.39. The molecule has 0 radical (unpaired) electrons. The Morgan fingerprint density at radius 3 is 2.11 bits per heavy atom. The lowest BCUT2D eigenvalue weighted by Gasteiger charge is -2.29. The van der Waals surface area contributed by atoms with Gasteiger partial charge in [0.25, 0.3) is 10.1 Å². The van der Waals surface area contributed by atoms with E-state index in [-0.39, 0.29) is 11.0 Å². The molecule has 0 saturated carbocycles. The zero-order valence-electron chi connectivity index (χ0n) is 19.7. The predicted octanol–water partition coefficient (Wildman–Crippen LogP) is 4.03. The van der Waals surface area contributed by atoms with Gasteiger partial charge in [-0.15, -0.1) is 0 Å². The van der Waals surface area contributed by atoms with Crippen molar-refractivity contribution in [2.45, 2.75) is 17.4 Å². The molecule has 1 aliphatic carbocycles. The maximum atomic E-state index is 12.4. The maximum Gasteiger partial charge on any atom is 0.295 e. The van der Waals surface area contributed by atoms with Crippen LogP contribution in [0.3, 0.4) is 0 Å². The quantitative estimate of drug-likeness (QED) is 0.364. The van der Waals surface area contributed by atoms with E-state index in [0.29, 0.717) is 23.2 Å². The second-order valence-electron chi connectivity index (χ2n) is 7.81. The first-order chi connectivity index (χ1) is 16.9. The van der Waals surface area contributed by atoms with E-state index in [9.17, 15) is 13.0 Å². The summed E-state index contributed by atoms with van der Waals surface area (Å²) in [6.45, 7) is 0. The largest absolute Gasteiger partial charge is 0.496 e. The zero-order valence-corrected chi connectivity index (χ0v) is 21.4. The second kappa shape index (κ2) is 10.8. The lowest BCUT2D eigenvalue weighted by atomic mass is 9.93. The smallest absolute Gasteiger partial charge is 0.295 e. The molecule has 0 amide bonds. The molecule has 4 rings (SSSR count). The number of allylic oxidation sites excluding steroid dienone is 1. The van der Waals surface area contributed by atoms with Gasteiger partial charge in [-0.1, -0.05) is 66.7 Å². The van der Waals surface area contributed by atoms with Crippen LogP contribution in [0.2, 0.25) is 0 Å². The van der Waals surface area contributed by atoms with E-state index in [2.05, 4.69) is 0 Å². The first-order valence-corrected chi connectivity index (χ1v) is 13.8. The van der Waals surface area contributed by atoms with Gasteiger partial charge in [-0.25, -0.2) is 0 Å². The van der Waals surface area contributed by atoms with Gasteiger partial charge in [0.1, 0.15) is 16.4 Å². The highest BCUT2D eigenvalue weighted by Gasteiger charge is 2.31. The van der Waals surface area contributed by atoms with Crippen molar-refractivity contribution >= 4 is 39.5 Å². The Bertz CT molecular complexity index is 1380. The van der Waals surface area contributed by atoms with Crippen molar-refractivity contribution in [2.24, 2.45) is 0 Å². The number of hydrogen-bond donors (Lipinski definition) is 1. The van der Waals surface area contributed by atoms with Gasteiger partial charge in [0.15, 0.2) is 0 Å². The van der Waals surface area contributed by atoms with E-state index in [1.54, 1.807) is 39.5 Å². The van der Waals surface area contributed by atoms with Gasteiger partial charge in [0, 0.05) is 23.3 Å². The average Bonchev–Trinajstić information content (AvgIpc) is 2.88. The van der Waals surface area contributed by atoms with Crippen molar-refractivity contribution in [3.8, 4) is 5.75 Å². The summed E-state index contributed by atoms with van der Waals surface area (Å²) in [5, 5.41) is 2.22. The van der Waals surface area contributed by atoms with Gasteiger partial charge in [-0.05, 0) is 43.4 Å². The lowest BCUT2D eigenvalue weighted by Crippen LogP contribution is -2.29. The molecule has 0 aromatic heterocycles. The van der Waals surface area contributed by atoms with Crippen LogP contribution in [-0.2, 0) is 19.6 Å². The van der Waals surface area contributed by atoms with E-state index < -0.39 is 18.0 Å². The topological polar surface area (TPSA) is 82.1 Å². The second-order valence-corrected chi connectivity index (χ2v) is 11.3. The molecule has 0 bridgehead atoms. The Hall–Kier alpha value is -2.96. The normalized spacial score (nSPS) is 16.7. The maximum absolute atomic E-state index is 12.4. The Morgan fingerprint density at radius 1 is 0.829 bits per heavy atom. The van der Waals surface area contributed by atoms with Crippen LogP contribution in [0.1, 0.15) is 12.0 Å². The summed E-state index contributed by atoms with van der Waals surface area (Å²) in [6, 6.07) is 22.0. The molecule has 3 aromatic rings. The minimum atomic E-state index is -4.48. The third-order valence-electron chi connectivity index (χ3n) is 5.86. The summed E-state index contributed by atoms with van der Waals surface area (Å²) in [5.74, 6) is 1.32. The standard InChI is InChI=1S/C27H27O6PS/c1-31-20-12-5-7-16-24(20)34(25-17-8-9-18-26(25)35(28,29)30)23-15-6-4-11-19(23)27-21(32-2)13-10-14-22(27)33-3/h4-13,15-18,22H,14H2,1-3H3,(H,28,29,30)/t22-,34?/m0/s1. The Kier molecular flexibility index (Phi) is 7.72. The molecule has 0 spiro atoms. The number of rotatable bonds is 8. The van der Waals surface area contributed by atoms with Crippen molar-refractivity contribution in [3.05, 3.63) is 96.3 Å². The summed E-state index contributed by atoms with van der Waals surface area (Å²) in [5.41, 5.74) is 1.78. The minimum absolute atomic E-state index is 0.125. The molecular weight excluding hydrogens is 483 g/mol. The molecule has 8 heteroatoms. The monoisotopic (exact) mass is 510 g/mol. The Morgan fingerprint density at radius 2 is 1.46 bits per heavy atom. The predicted molar refractivity (Wildman–Crippen MR) is 140 cm³/mol. The summed E-state index contributed by atoms with van der Waals surface area (Å²) in [7, 11) is -1.09. The third kappa shape index (κ3) is 5.04. The van der Waals surface area contributed by atoms with Crippen LogP contribution in [0.15, 0.2) is 95.6 Å². The van der Waals surface area contributed by atoms with Crippen LogP contribution >= 0.6 is 7.92 Å². The van der Waals surface area contributed by atoms with E-state index in [1.807, 2.05) is 60.7 Å². The fraction of sp³-hybridized carbons (Fsp3) is 0.185. The number of benzene rings is 3. The first-order valence-electron chi connectivity index (χ1n) is 11.0. The van der Waals surface area contributed by atoms with Gasteiger partial charge in [0.05, 0.1) is 20.3 Å². The van der Waals surface area contributed by atoms with Crippen molar-refractivity contribution in [2.75, 3.05) is 21.3 Å². The molecule has 0 saturated heterocycles. The lowest BCUT2D eigenvalue weighted by molar-refractivity contribution is 0.145. The SMILES string of the molecule is COC1=C(c2ccccc2P(c2ccccc2OC)c2ccccc2S(=O)(=O)O)[C@@H](OC)CC=C1. The number of methoxy groups -OCH3 is 3. The molecule has 6 nitrogen and oxygen atoms in total. The van der Waals surface area contributed by atoms with Crippen LogP contribution < -0.4 is 20.7 Å². The van der Waals surface area contributed by atoms with Crippen LogP contribution in [-0.4, -0.2) is 40.4 Å². The molecular formula is C27H27O6PS. The molecule has 1 aliphatic rings. The fourth-order valence-corrected chi connectivity index (χ4v) is 8.13. The van der Waals surface area contributed by atoms with Crippen LogP contribution in [0.25, 0.3) is 5.57 Å². The number of hydrogen-bond acceptors (Lipinski definition) is 5. The summed E-state index contributed by atoms with van der Waals surface area (Å²) >= 11 is 0. The van der Waals surface area contributed by atoms with E-state index in [1.165, 1.54) is 6.07 Å². The van der Waals surface area contributed by atoms with Crippen LogP contribution in [0, 0.1) is 0 Å². The molecule has 3 aromatic carbocycles. The first kappa shape index (κ1) is 25.1. The van der Waals surface area contributed by atoms with Crippen LogP contribution in [0.4, 0.5) is 0 Å². The van der Waals surface area contributed by atoms with Gasteiger partial charge >= 0.3 is 0 Å². The third-order valence-corrected chi connectivity index (χ3v) is 9.51. The highest BCUT2D eigenvalue weighted by Crippen LogP contribution is 2.42. The average molecular weight is 511 g/mol. The van der Waals surface area contributed by atoms with Gasteiger partial charge < -0.3 is 14.2 Å². The number of ether oxygens (including phenoxy) is 3. The van der Waals surface area contributed by atoms with Crippen molar-refractivity contribution < 1.29 is 27.2 Å². The van der Waals surface area contributed by atoms with Crippen molar-refractivity contribution in [3.63, 3.8) is 0 Å². The molecule has 0 aliphatic heterocycles. The zero-order chi connectivity index (χ0) is 25.0. The molecule has 182 valence electrons. The van der Waals surface area contributed by atoms with Gasteiger partial charge in [0.2, 0.25) is 0 Å². The summed E-state index contributed by atoms with van der Waals surface area (Å²) < 4.78 is 52.2. The Labute approximate surface area is 207 Å². The molecule has 0 heterocycles. The molecule has 1 unspecified atom stereocenters. The van der Waals surface area contributed by atoms with Gasteiger partial charge in [-0.3, -0.25) is 4.55 Å². The molecule has 0 fully saturated rings.